The second kappa shape index (κ2) is 4.77. The molecule has 0 aliphatic carbocycles. The van der Waals surface area contributed by atoms with Gasteiger partial charge in [-0.3, -0.25) is 4.99 Å². The van der Waals surface area contributed by atoms with Crippen molar-refractivity contribution in [2.45, 2.75) is 6.92 Å². The largest absolute Gasteiger partial charge is 0.308 e. The summed E-state index contributed by atoms with van der Waals surface area (Å²) in [6.07, 6.45) is 1.69. The number of rotatable bonds is 3. The van der Waals surface area contributed by atoms with Crippen molar-refractivity contribution in [3.63, 3.8) is 0 Å². The van der Waals surface area contributed by atoms with Crippen LogP contribution in [0.2, 0.25) is 5.02 Å². The first kappa shape index (κ1) is 9.93. The topological polar surface area (TPSA) is 36.2 Å². The van der Waals surface area contributed by atoms with E-state index in [-0.39, 0.29) is 0 Å². The van der Waals surface area contributed by atoms with Crippen molar-refractivity contribution in [3.05, 3.63) is 34.9 Å². The van der Waals surface area contributed by atoms with Crippen LogP contribution in [0.15, 0.2) is 29.3 Å². The van der Waals surface area contributed by atoms with Gasteiger partial charge in [0.15, 0.2) is 0 Å². The Morgan fingerprint density at radius 2 is 2.23 bits per heavy atom. The molecule has 2 nitrogen and oxygen atoms in total. The van der Waals surface area contributed by atoms with Crippen molar-refractivity contribution in [2.75, 3.05) is 6.54 Å². The minimum atomic E-state index is 0.436. The van der Waals surface area contributed by atoms with Crippen molar-refractivity contribution in [2.24, 2.45) is 4.99 Å². The van der Waals surface area contributed by atoms with Crippen molar-refractivity contribution in [3.8, 4) is 0 Å². The predicted octanol–water partition coefficient (Wildman–Crippen LogP) is 2.80. The van der Waals surface area contributed by atoms with Gasteiger partial charge < -0.3 is 5.41 Å². The van der Waals surface area contributed by atoms with Crippen molar-refractivity contribution >= 4 is 23.5 Å². The van der Waals surface area contributed by atoms with Gasteiger partial charge in [0.05, 0.1) is 6.54 Å². The Balaban J connectivity index is 2.68. The Kier molecular flexibility index (Phi) is 3.65. The highest BCUT2D eigenvalue weighted by molar-refractivity contribution is 6.33. The van der Waals surface area contributed by atoms with Crippen molar-refractivity contribution in [1.82, 2.24) is 0 Å². The molecule has 0 aliphatic rings. The van der Waals surface area contributed by atoms with Crippen LogP contribution in [0.1, 0.15) is 12.5 Å². The van der Waals surface area contributed by atoms with Crippen LogP contribution in [0, 0.1) is 5.41 Å². The third-order valence-corrected chi connectivity index (χ3v) is 1.81. The minimum absolute atomic E-state index is 0.436. The lowest BCUT2D eigenvalue weighted by Gasteiger charge is -1.95. The highest BCUT2D eigenvalue weighted by atomic mass is 35.5. The molecule has 0 aromatic heterocycles. The van der Waals surface area contributed by atoms with Gasteiger partial charge in [0.1, 0.15) is 0 Å². The van der Waals surface area contributed by atoms with Crippen molar-refractivity contribution < 1.29 is 0 Å². The SMILES string of the molecule is CC(=N)CN=Cc1ccccc1Cl. The standard InChI is InChI=1S/C10H11ClN2/c1-8(12)6-13-7-9-4-2-3-5-10(9)11/h2-5,7,12H,6H2,1H3. The molecule has 0 radical (unpaired) electrons. The second-order valence-electron chi connectivity index (χ2n) is 2.77. The van der Waals surface area contributed by atoms with Gasteiger partial charge in [0.2, 0.25) is 0 Å². The summed E-state index contributed by atoms with van der Waals surface area (Å²) in [7, 11) is 0. The summed E-state index contributed by atoms with van der Waals surface area (Å²) < 4.78 is 0. The molecule has 1 aromatic carbocycles. The molecule has 0 saturated carbocycles. The molecule has 0 fully saturated rings. The van der Waals surface area contributed by atoms with Crippen LogP contribution >= 0.6 is 11.6 Å². The van der Waals surface area contributed by atoms with E-state index in [9.17, 15) is 0 Å². The number of hydrogen-bond acceptors (Lipinski definition) is 2. The summed E-state index contributed by atoms with van der Waals surface area (Å²) >= 11 is 5.89. The molecule has 0 amide bonds. The molecule has 0 heterocycles. The normalized spacial score (nSPS) is 10.6. The minimum Gasteiger partial charge on any atom is -0.308 e. The van der Waals surface area contributed by atoms with E-state index in [0.717, 1.165) is 5.56 Å². The summed E-state index contributed by atoms with van der Waals surface area (Å²) in [5.74, 6) is 0. The first-order chi connectivity index (χ1) is 6.20. The highest BCUT2D eigenvalue weighted by Gasteiger charge is 1.93. The van der Waals surface area contributed by atoms with E-state index in [1.807, 2.05) is 24.3 Å². The van der Waals surface area contributed by atoms with Crippen LogP contribution in [0.4, 0.5) is 0 Å². The molecule has 1 rings (SSSR count). The monoisotopic (exact) mass is 194 g/mol. The van der Waals surface area contributed by atoms with Crippen LogP contribution in [0.5, 0.6) is 0 Å². The van der Waals surface area contributed by atoms with E-state index in [1.54, 1.807) is 13.1 Å². The van der Waals surface area contributed by atoms with Gasteiger partial charge in [0.25, 0.3) is 0 Å². The number of halogens is 1. The number of aliphatic imine (C=N–C) groups is 1. The Labute approximate surface area is 82.8 Å². The van der Waals surface area contributed by atoms with Crippen LogP contribution in [0.3, 0.4) is 0 Å². The summed E-state index contributed by atoms with van der Waals surface area (Å²) in [6.45, 7) is 2.16. The molecule has 68 valence electrons. The molecule has 13 heavy (non-hydrogen) atoms. The van der Waals surface area contributed by atoms with E-state index in [1.165, 1.54) is 0 Å². The lowest BCUT2D eigenvalue weighted by molar-refractivity contribution is 1.25. The lowest BCUT2D eigenvalue weighted by Crippen LogP contribution is -1.94. The average molecular weight is 195 g/mol. The number of hydrogen-bond donors (Lipinski definition) is 1. The Hall–Kier alpha value is -1.15. The van der Waals surface area contributed by atoms with Crippen LogP contribution in [-0.4, -0.2) is 18.5 Å². The van der Waals surface area contributed by atoms with E-state index in [0.29, 0.717) is 17.3 Å². The van der Waals surface area contributed by atoms with Gasteiger partial charge >= 0.3 is 0 Å². The van der Waals surface area contributed by atoms with Gasteiger partial charge in [-0.2, -0.15) is 0 Å². The molecule has 0 saturated heterocycles. The molecular formula is C10H11ClN2. The molecule has 0 spiro atoms. The Morgan fingerprint density at radius 1 is 1.54 bits per heavy atom. The number of nitrogens with one attached hydrogen (secondary N) is 1. The van der Waals surface area contributed by atoms with E-state index < -0.39 is 0 Å². The molecule has 0 aliphatic heterocycles. The van der Waals surface area contributed by atoms with Gasteiger partial charge in [-0.05, 0) is 13.0 Å². The fourth-order valence-corrected chi connectivity index (χ4v) is 1.05. The molecule has 3 heteroatoms. The number of benzene rings is 1. The lowest BCUT2D eigenvalue weighted by atomic mass is 10.2. The first-order valence-electron chi connectivity index (χ1n) is 3.98. The maximum absolute atomic E-state index is 7.17. The predicted molar refractivity (Wildman–Crippen MR) is 57.3 cm³/mol. The fourth-order valence-electron chi connectivity index (χ4n) is 0.861. The Morgan fingerprint density at radius 3 is 2.85 bits per heavy atom. The molecule has 1 N–H and O–H groups in total. The van der Waals surface area contributed by atoms with E-state index in [4.69, 9.17) is 17.0 Å². The molecular weight excluding hydrogens is 184 g/mol. The van der Waals surface area contributed by atoms with Crippen molar-refractivity contribution in [1.29, 1.82) is 5.41 Å². The highest BCUT2D eigenvalue weighted by Crippen LogP contribution is 2.12. The van der Waals surface area contributed by atoms with Gasteiger partial charge in [0, 0.05) is 22.5 Å². The third-order valence-electron chi connectivity index (χ3n) is 1.46. The van der Waals surface area contributed by atoms with Crippen LogP contribution in [-0.2, 0) is 0 Å². The van der Waals surface area contributed by atoms with Crippen LogP contribution < -0.4 is 0 Å². The van der Waals surface area contributed by atoms with E-state index >= 15 is 0 Å². The summed E-state index contributed by atoms with van der Waals surface area (Å²) in [6, 6.07) is 7.50. The van der Waals surface area contributed by atoms with Gasteiger partial charge in [-0.1, -0.05) is 29.8 Å². The van der Waals surface area contributed by atoms with Crippen LogP contribution in [0.25, 0.3) is 0 Å². The Bertz CT molecular complexity index is 331. The first-order valence-corrected chi connectivity index (χ1v) is 4.36. The zero-order chi connectivity index (χ0) is 9.68. The molecule has 0 atom stereocenters. The second-order valence-corrected chi connectivity index (χ2v) is 3.18. The summed E-state index contributed by atoms with van der Waals surface area (Å²) in [4.78, 5) is 4.07. The van der Waals surface area contributed by atoms with E-state index in [2.05, 4.69) is 4.99 Å². The molecule has 0 unspecified atom stereocenters. The fraction of sp³-hybridized carbons (Fsp3) is 0.200. The smallest absolute Gasteiger partial charge is 0.0762 e. The molecule has 0 bridgehead atoms. The molecule has 1 aromatic rings. The van der Waals surface area contributed by atoms with Gasteiger partial charge in [-0.25, -0.2) is 0 Å². The third kappa shape index (κ3) is 3.38. The maximum Gasteiger partial charge on any atom is 0.0762 e. The number of nitrogens with zero attached hydrogens (tertiary/aromatic N) is 1. The average Bonchev–Trinajstić information content (AvgIpc) is 2.08. The summed E-state index contributed by atoms with van der Waals surface area (Å²) in [5, 5.41) is 7.86. The maximum atomic E-state index is 7.17. The quantitative estimate of drug-likeness (QED) is 0.719. The summed E-state index contributed by atoms with van der Waals surface area (Å²) in [5.41, 5.74) is 1.44. The zero-order valence-corrected chi connectivity index (χ0v) is 8.17. The zero-order valence-electron chi connectivity index (χ0n) is 7.42. The van der Waals surface area contributed by atoms with Gasteiger partial charge in [-0.15, -0.1) is 0 Å².